The van der Waals surface area contributed by atoms with Crippen LogP contribution >= 0.6 is 11.3 Å². The Morgan fingerprint density at radius 1 is 1.46 bits per heavy atom. The molecule has 0 bridgehead atoms. The fourth-order valence-electron chi connectivity index (χ4n) is 1.40. The fourth-order valence-corrected chi connectivity index (χ4v) is 2.20. The number of aryl methyl sites for hydroxylation is 1. The van der Waals surface area contributed by atoms with E-state index in [0.717, 1.165) is 16.7 Å². The zero-order valence-electron chi connectivity index (χ0n) is 8.79. The first-order valence-corrected chi connectivity index (χ1v) is 5.64. The first kappa shape index (κ1) is 10.5. The van der Waals surface area contributed by atoms with Gasteiger partial charge in [-0.2, -0.15) is 0 Å². The summed E-state index contributed by atoms with van der Waals surface area (Å²) in [6.45, 7) is 8.71. The molecule has 0 aliphatic heterocycles. The van der Waals surface area contributed by atoms with Crippen molar-refractivity contribution in [2.24, 2.45) is 5.92 Å². The summed E-state index contributed by atoms with van der Waals surface area (Å²) in [5.41, 5.74) is 1.10. The van der Waals surface area contributed by atoms with Crippen LogP contribution < -0.4 is 5.32 Å². The molecule has 0 amide bonds. The average Bonchev–Trinajstić information content (AvgIpc) is 2.33. The summed E-state index contributed by atoms with van der Waals surface area (Å²) in [6, 6.07) is 0.519. The highest BCUT2D eigenvalue weighted by Crippen LogP contribution is 2.17. The highest BCUT2D eigenvalue weighted by atomic mass is 32.1. The van der Waals surface area contributed by atoms with Gasteiger partial charge in [0.15, 0.2) is 5.13 Å². The average molecular weight is 198 g/mol. The van der Waals surface area contributed by atoms with Crippen LogP contribution in [-0.4, -0.2) is 11.0 Å². The molecule has 13 heavy (non-hydrogen) atoms. The molecule has 0 saturated heterocycles. The molecule has 1 atom stereocenters. The Bertz CT molecular complexity index is 255. The lowest BCUT2D eigenvalue weighted by atomic mass is 10.1. The molecule has 1 N–H and O–H groups in total. The maximum Gasteiger partial charge on any atom is 0.183 e. The number of nitrogens with one attached hydrogen (secondary N) is 1. The first-order chi connectivity index (χ1) is 6.08. The minimum Gasteiger partial charge on any atom is -0.359 e. The van der Waals surface area contributed by atoms with Gasteiger partial charge in [-0.1, -0.05) is 13.8 Å². The molecule has 1 rings (SSSR count). The number of thiazole rings is 1. The van der Waals surface area contributed by atoms with Crippen LogP contribution in [0, 0.1) is 12.8 Å². The molecule has 2 nitrogen and oxygen atoms in total. The van der Waals surface area contributed by atoms with E-state index in [4.69, 9.17) is 0 Å². The van der Waals surface area contributed by atoms with Crippen molar-refractivity contribution >= 4 is 16.5 Å². The van der Waals surface area contributed by atoms with E-state index in [0.29, 0.717) is 6.04 Å². The van der Waals surface area contributed by atoms with E-state index >= 15 is 0 Å². The minimum atomic E-state index is 0.519. The third-order valence-corrected chi connectivity index (χ3v) is 2.71. The molecule has 74 valence electrons. The van der Waals surface area contributed by atoms with Crippen LogP contribution in [0.3, 0.4) is 0 Å². The van der Waals surface area contributed by atoms with Crippen molar-refractivity contribution in [2.45, 2.75) is 40.2 Å². The Balaban J connectivity index is 2.40. The molecule has 1 heterocycles. The van der Waals surface area contributed by atoms with Gasteiger partial charge in [0.2, 0.25) is 0 Å². The monoisotopic (exact) mass is 198 g/mol. The summed E-state index contributed by atoms with van der Waals surface area (Å²) in [6.07, 6.45) is 1.19. The molecule has 1 aromatic heterocycles. The molecular formula is C10H18N2S. The predicted molar refractivity (Wildman–Crippen MR) is 59.4 cm³/mol. The summed E-state index contributed by atoms with van der Waals surface area (Å²) in [7, 11) is 0. The summed E-state index contributed by atoms with van der Waals surface area (Å²) in [5.74, 6) is 0.739. The third-order valence-electron chi connectivity index (χ3n) is 1.81. The van der Waals surface area contributed by atoms with E-state index in [1.165, 1.54) is 6.42 Å². The largest absolute Gasteiger partial charge is 0.359 e. The number of rotatable bonds is 4. The Morgan fingerprint density at radius 3 is 2.62 bits per heavy atom. The normalized spacial score (nSPS) is 13.3. The molecular weight excluding hydrogens is 180 g/mol. The maximum atomic E-state index is 4.37. The van der Waals surface area contributed by atoms with Crippen molar-refractivity contribution in [1.82, 2.24) is 4.98 Å². The molecule has 3 heteroatoms. The van der Waals surface area contributed by atoms with E-state index < -0.39 is 0 Å². The van der Waals surface area contributed by atoms with Gasteiger partial charge in [-0.25, -0.2) is 4.98 Å². The van der Waals surface area contributed by atoms with Crippen molar-refractivity contribution < 1.29 is 0 Å². The highest BCUT2D eigenvalue weighted by molar-refractivity contribution is 7.13. The van der Waals surface area contributed by atoms with Gasteiger partial charge < -0.3 is 5.32 Å². The van der Waals surface area contributed by atoms with Crippen LogP contribution in [0.4, 0.5) is 5.13 Å². The predicted octanol–water partition coefficient (Wildman–Crippen LogP) is 3.30. The highest BCUT2D eigenvalue weighted by Gasteiger charge is 2.06. The van der Waals surface area contributed by atoms with Crippen LogP contribution in [0.5, 0.6) is 0 Å². The van der Waals surface area contributed by atoms with Crippen LogP contribution in [0.1, 0.15) is 32.9 Å². The summed E-state index contributed by atoms with van der Waals surface area (Å²) in [4.78, 5) is 4.37. The molecule has 1 unspecified atom stereocenters. The van der Waals surface area contributed by atoms with E-state index in [9.17, 15) is 0 Å². The summed E-state index contributed by atoms with van der Waals surface area (Å²) >= 11 is 1.68. The second-order valence-corrected chi connectivity index (χ2v) is 4.83. The van der Waals surface area contributed by atoms with Gasteiger partial charge >= 0.3 is 0 Å². The van der Waals surface area contributed by atoms with Crippen molar-refractivity contribution in [3.63, 3.8) is 0 Å². The molecule has 0 aliphatic carbocycles. The van der Waals surface area contributed by atoms with Gasteiger partial charge in [0.1, 0.15) is 0 Å². The third kappa shape index (κ3) is 3.77. The van der Waals surface area contributed by atoms with Crippen molar-refractivity contribution in [3.8, 4) is 0 Å². The van der Waals surface area contributed by atoms with Crippen molar-refractivity contribution in [1.29, 1.82) is 0 Å². The van der Waals surface area contributed by atoms with Gasteiger partial charge in [0, 0.05) is 11.4 Å². The Hall–Kier alpha value is -0.570. The maximum absolute atomic E-state index is 4.37. The van der Waals surface area contributed by atoms with E-state index in [1.807, 2.05) is 6.92 Å². The molecule has 0 radical (unpaired) electrons. The minimum absolute atomic E-state index is 0.519. The van der Waals surface area contributed by atoms with Gasteiger partial charge in [-0.05, 0) is 26.2 Å². The van der Waals surface area contributed by atoms with Gasteiger partial charge in [-0.15, -0.1) is 11.3 Å². The number of hydrogen-bond acceptors (Lipinski definition) is 3. The lowest BCUT2D eigenvalue weighted by Gasteiger charge is -2.14. The molecule has 0 spiro atoms. The Kier molecular flexibility index (Phi) is 3.72. The van der Waals surface area contributed by atoms with Crippen LogP contribution in [-0.2, 0) is 0 Å². The molecule has 0 aliphatic rings. The molecule has 0 saturated carbocycles. The number of hydrogen-bond donors (Lipinski definition) is 1. The van der Waals surface area contributed by atoms with E-state index in [2.05, 4.69) is 36.5 Å². The van der Waals surface area contributed by atoms with Crippen LogP contribution in [0.15, 0.2) is 5.38 Å². The number of aromatic nitrogens is 1. The van der Waals surface area contributed by atoms with Crippen LogP contribution in [0.25, 0.3) is 0 Å². The molecule has 0 fully saturated rings. The SMILES string of the molecule is Cc1csc(NC(C)CC(C)C)n1. The zero-order chi connectivity index (χ0) is 9.84. The Morgan fingerprint density at radius 2 is 2.15 bits per heavy atom. The number of nitrogens with zero attached hydrogens (tertiary/aromatic N) is 1. The second-order valence-electron chi connectivity index (χ2n) is 3.97. The summed E-state index contributed by atoms with van der Waals surface area (Å²) in [5, 5.41) is 6.52. The standard InChI is InChI=1S/C10H18N2S/c1-7(2)5-8(3)11-10-12-9(4)6-13-10/h6-8H,5H2,1-4H3,(H,11,12). The van der Waals surface area contributed by atoms with Crippen LogP contribution in [0.2, 0.25) is 0 Å². The lowest BCUT2D eigenvalue weighted by molar-refractivity contribution is 0.539. The molecule has 0 aromatic carbocycles. The smallest absolute Gasteiger partial charge is 0.183 e. The second kappa shape index (κ2) is 4.61. The summed E-state index contributed by atoms with van der Waals surface area (Å²) < 4.78 is 0. The first-order valence-electron chi connectivity index (χ1n) is 4.76. The van der Waals surface area contributed by atoms with Gasteiger partial charge in [0.05, 0.1) is 5.69 Å². The lowest BCUT2D eigenvalue weighted by Crippen LogP contribution is -2.17. The zero-order valence-corrected chi connectivity index (χ0v) is 9.61. The number of anilines is 1. The molecule has 1 aromatic rings. The van der Waals surface area contributed by atoms with Crippen molar-refractivity contribution in [3.05, 3.63) is 11.1 Å². The fraction of sp³-hybridized carbons (Fsp3) is 0.700. The van der Waals surface area contributed by atoms with E-state index in [1.54, 1.807) is 11.3 Å². The van der Waals surface area contributed by atoms with Gasteiger partial charge in [-0.3, -0.25) is 0 Å². The quantitative estimate of drug-likeness (QED) is 0.803. The Labute approximate surface area is 84.4 Å². The van der Waals surface area contributed by atoms with Crippen molar-refractivity contribution in [2.75, 3.05) is 5.32 Å². The van der Waals surface area contributed by atoms with Gasteiger partial charge in [0.25, 0.3) is 0 Å². The topological polar surface area (TPSA) is 24.9 Å². The van der Waals surface area contributed by atoms with E-state index in [-0.39, 0.29) is 0 Å².